The lowest BCUT2D eigenvalue weighted by Gasteiger charge is -2.03. The van der Waals surface area contributed by atoms with E-state index in [1.54, 1.807) is 12.3 Å². The van der Waals surface area contributed by atoms with Crippen LogP contribution in [0, 0.1) is 6.92 Å². The summed E-state index contributed by atoms with van der Waals surface area (Å²) in [6.07, 6.45) is 1.59. The Morgan fingerprint density at radius 2 is 2.05 bits per heavy atom. The fourth-order valence-corrected chi connectivity index (χ4v) is 2.95. The van der Waals surface area contributed by atoms with Crippen LogP contribution < -0.4 is 5.32 Å². The molecule has 1 aromatic carbocycles. The number of amides is 1. The van der Waals surface area contributed by atoms with Gasteiger partial charge in [0.25, 0.3) is 5.91 Å². The summed E-state index contributed by atoms with van der Waals surface area (Å²) in [6, 6.07) is 13.4. The molecule has 2 aromatic heterocycles. The molecule has 0 bridgehead atoms. The van der Waals surface area contributed by atoms with E-state index in [4.69, 9.17) is 4.42 Å². The Morgan fingerprint density at radius 1 is 1.24 bits per heavy atom. The number of carbonyl (C=O) groups is 1. The first-order valence-corrected chi connectivity index (χ1v) is 7.39. The molecule has 1 amide bonds. The molecule has 0 aliphatic heterocycles. The normalized spacial score (nSPS) is 10.5. The molecule has 4 nitrogen and oxygen atoms in total. The van der Waals surface area contributed by atoms with E-state index in [0.717, 1.165) is 21.2 Å². The third-order valence-corrected chi connectivity index (χ3v) is 4.01. The van der Waals surface area contributed by atoms with Gasteiger partial charge in [-0.05, 0) is 24.6 Å². The molecule has 21 heavy (non-hydrogen) atoms. The summed E-state index contributed by atoms with van der Waals surface area (Å²) in [5.74, 6) is 0.533. The zero-order valence-electron chi connectivity index (χ0n) is 11.5. The number of nitrogens with zero attached hydrogens (tertiary/aromatic N) is 1. The quantitative estimate of drug-likeness (QED) is 0.800. The number of benzene rings is 1. The van der Waals surface area contributed by atoms with Gasteiger partial charge in [0.15, 0.2) is 0 Å². The maximum Gasteiger partial charge on any atom is 0.271 e. The fourth-order valence-electron chi connectivity index (χ4n) is 2.03. The molecule has 1 N–H and O–H groups in total. The summed E-state index contributed by atoms with van der Waals surface area (Å²) >= 11 is 1.52. The summed E-state index contributed by atoms with van der Waals surface area (Å²) in [7, 11) is 0. The predicted octanol–water partition coefficient (Wildman–Crippen LogP) is 3.64. The van der Waals surface area contributed by atoms with E-state index < -0.39 is 0 Å². The summed E-state index contributed by atoms with van der Waals surface area (Å²) in [4.78, 5) is 17.6. The molecule has 0 fully saturated rings. The van der Waals surface area contributed by atoms with E-state index in [0.29, 0.717) is 12.2 Å². The van der Waals surface area contributed by atoms with Crippen LogP contribution in [-0.4, -0.2) is 10.9 Å². The van der Waals surface area contributed by atoms with E-state index in [-0.39, 0.29) is 5.91 Å². The molecular formula is C16H14N2O2S. The highest BCUT2D eigenvalue weighted by molar-refractivity contribution is 7.15. The van der Waals surface area contributed by atoms with E-state index in [9.17, 15) is 4.79 Å². The largest absolute Gasteiger partial charge is 0.467 e. The number of hydrogen-bond acceptors (Lipinski definition) is 4. The number of carbonyl (C=O) groups excluding carboxylic acids is 1. The van der Waals surface area contributed by atoms with Crippen LogP contribution in [0.4, 0.5) is 0 Å². The van der Waals surface area contributed by atoms with Gasteiger partial charge in [-0.1, -0.05) is 30.3 Å². The lowest BCUT2D eigenvalue weighted by molar-refractivity contribution is 0.0944. The van der Waals surface area contributed by atoms with E-state index in [1.807, 2.05) is 43.3 Å². The molecule has 0 atom stereocenters. The van der Waals surface area contributed by atoms with E-state index in [1.165, 1.54) is 11.3 Å². The Balaban J connectivity index is 1.83. The van der Waals surface area contributed by atoms with Gasteiger partial charge in [-0.3, -0.25) is 4.79 Å². The van der Waals surface area contributed by atoms with Crippen molar-refractivity contribution in [2.24, 2.45) is 0 Å². The monoisotopic (exact) mass is 298 g/mol. The maximum atomic E-state index is 12.3. The molecule has 0 saturated carbocycles. The summed E-state index contributed by atoms with van der Waals surface area (Å²) in [6.45, 7) is 2.26. The van der Waals surface area contributed by atoms with Crippen LogP contribution in [0.25, 0.3) is 10.4 Å². The average molecular weight is 298 g/mol. The minimum absolute atomic E-state index is 0.186. The van der Waals surface area contributed by atoms with Gasteiger partial charge >= 0.3 is 0 Å². The zero-order chi connectivity index (χ0) is 14.7. The molecule has 0 radical (unpaired) electrons. The van der Waals surface area contributed by atoms with Crippen molar-refractivity contribution in [1.82, 2.24) is 10.3 Å². The Morgan fingerprint density at radius 3 is 2.76 bits per heavy atom. The van der Waals surface area contributed by atoms with Gasteiger partial charge in [0, 0.05) is 0 Å². The first-order chi connectivity index (χ1) is 10.2. The van der Waals surface area contributed by atoms with Gasteiger partial charge in [-0.15, -0.1) is 11.3 Å². The predicted molar refractivity (Wildman–Crippen MR) is 82.2 cm³/mol. The van der Waals surface area contributed by atoms with Crippen LogP contribution in [0.2, 0.25) is 0 Å². The van der Waals surface area contributed by atoms with Gasteiger partial charge in [0.2, 0.25) is 0 Å². The van der Waals surface area contributed by atoms with Crippen molar-refractivity contribution in [2.45, 2.75) is 13.5 Å². The number of thiazole rings is 1. The van der Waals surface area contributed by atoms with Crippen molar-refractivity contribution in [1.29, 1.82) is 0 Å². The van der Waals surface area contributed by atoms with Crippen LogP contribution in [0.3, 0.4) is 0 Å². The highest BCUT2D eigenvalue weighted by Gasteiger charge is 2.18. The van der Waals surface area contributed by atoms with Crippen LogP contribution in [0.1, 0.15) is 21.3 Å². The highest BCUT2D eigenvalue weighted by Crippen LogP contribution is 2.29. The molecule has 0 aliphatic carbocycles. The number of furan rings is 1. The van der Waals surface area contributed by atoms with Crippen LogP contribution >= 0.6 is 11.3 Å². The van der Waals surface area contributed by atoms with Gasteiger partial charge in [-0.25, -0.2) is 4.98 Å². The molecule has 0 aliphatic rings. The Hall–Kier alpha value is -2.40. The topological polar surface area (TPSA) is 55.1 Å². The SMILES string of the molecule is Cc1nc(C(=O)NCc2ccco2)c(-c2ccccc2)s1. The lowest BCUT2D eigenvalue weighted by Crippen LogP contribution is -2.23. The van der Waals surface area contributed by atoms with Gasteiger partial charge in [0.05, 0.1) is 22.7 Å². The molecule has 3 aromatic rings. The third kappa shape index (κ3) is 3.03. The molecule has 0 saturated heterocycles. The van der Waals surface area contributed by atoms with Crippen molar-refractivity contribution >= 4 is 17.2 Å². The molecule has 0 spiro atoms. The maximum absolute atomic E-state index is 12.3. The lowest BCUT2D eigenvalue weighted by atomic mass is 10.1. The molecule has 3 rings (SSSR count). The number of aromatic nitrogens is 1. The van der Waals surface area contributed by atoms with Crippen molar-refractivity contribution in [3.63, 3.8) is 0 Å². The van der Waals surface area contributed by atoms with E-state index >= 15 is 0 Å². The standard InChI is InChI=1S/C16H14N2O2S/c1-11-18-14(15(21-11)12-6-3-2-4-7-12)16(19)17-10-13-8-5-9-20-13/h2-9H,10H2,1H3,(H,17,19). The second-order valence-corrected chi connectivity index (χ2v) is 5.74. The minimum atomic E-state index is -0.186. The smallest absolute Gasteiger partial charge is 0.271 e. The summed E-state index contributed by atoms with van der Waals surface area (Å²) in [5, 5.41) is 3.71. The number of rotatable bonds is 4. The van der Waals surface area contributed by atoms with E-state index in [2.05, 4.69) is 10.3 Å². The highest BCUT2D eigenvalue weighted by atomic mass is 32.1. The summed E-state index contributed by atoms with van der Waals surface area (Å²) < 4.78 is 5.21. The molecular weight excluding hydrogens is 284 g/mol. The number of aryl methyl sites for hydroxylation is 1. The first kappa shape index (κ1) is 13.6. The van der Waals surface area contributed by atoms with Gasteiger partial charge < -0.3 is 9.73 Å². The zero-order valence-corrected chi connectivity index (χ0v) is 12.3. The van der Waals surface area contributed by atoms with Crippen molar-refractivity contribution < 1.29 is 9.21 Å². The van der Waals surface area contributed by atoms with Crippen LogP contribution in [0.5, 0.6) is 0 Å². The van der Waals surface area contributed by atoms with Gasteiger partial charge in [0.1, 0.15) is 11.5 Å². The molecule has 5 heteroatoms. The second-order valence-electron chi connectivity index (χ2n) is 4.54. The van der Waals surface area contributed by atoms with Crippen molar-refractivity contribution in [2.75, 3.05) is 0 Å². The fraction of sp³-hybridized carbons (Fsp3) is 0.125. The Bertz CT molecular complexity index is 733. The number of hydrogen-bond donors (Lipinski definition) is 1. The molecule has 106 valence electrons. The Kier molecular flexibility index (Phi) is 3.83. The van der Waals surface area contributed by atoms with Crippen LogP contribution in [-0.2, 0) is 6.54 Å². The first-order valence-electron chi connectivity index (χ1n) is 6.57. The van der Waals surface area contributed by atoms with Crippen LogP contribution in [0.15, 0.2) is 53.1 Å². The van der Waals surface area contributed by atoms with Crippen molar-refractivity contribution in [3.8, 4) is 10.4 Å². The molecule has 0 unspecified atom stereocenters. The van der Waals surface area contributed by atoms with Gasteiger partial charge in [-0.2, -0.15) is 0 Å². The molecule has 2 heterocycles. The third-order valence-electron chi connectivity index (χ3n) is 2.99. The second kappa shape index (κ2) is 5.93. The number of nitrogens with one attached hydrogen (secondary N) is 1. The average Bonchev–Trinajstić information content (AvgIpc) is 3.15. The van der Waals surface area contributed by atoms with Crippen molar-refractivity contribution in [3.05, 3.63) is 65.2 Å². The Labute approximate surface area is 126 Å². The minimum Gasteiger partial charge on any atom is -0.467 e. The summed E-state index contributed by atoms with van der Waals surface area (Å²) in [5.41, 5.74) is 1.47.